The lowest BCUT2D eigenvalue weighted by molar-refractivity contribution is 0.295. The lowest BCUT2D eigenvalue weighted by Crippen LogP contribution is -2.06. The molecule has 0 aromatic heterocycles. The van der Waals surface area contributed by atoms with Crippen molar-refractivity contribution in [2.45, 2.75) is 19.3 Å². The number of ether oxygens (including phenoxy) is 1. The highest BCUT2D eigenvalue weighted by molar-refractivity contribution is 7.84. The van der Waals surface area contributed by atoms with E-state index in [1.165, 1.54) is 0 Å². The van der Waals surface area contributed by atoms with Crippen LogP contribution in [-0.2, 0) is 10.8 Å². The summed E-state index contributed by atoms with van der Waals surface area (Å²) in [6.07, 6.45) is 2.46. The van der Waals surface area contributed by atoms with Gasteiger partial charge in [0.1, 0.15) is 5.75 Å². The van der Waals surface area contributed by atoms with Gasteiger partial charge in [0.15, 0.2) is 0 Å². The summed E-state index contributed by atoms with van der Waals surface area (Å²) in [4.78, 5) is 0. The SMILES string of the molecule is O=S(CCCO)CCCCOc1ccccc1. The number of benzene rings is 1. The summed E-state index contributed by atoms with van der Waals surface area (Å²) in [5, 5.41) is 8.60. The summed E-state index contributed by atoms with van der Waals surface area (Å²) >= 11 is 0. The zero-order valence-electron chi connectivity index (χ0n) is 10.0. The largest absolute Gasteiger partial charge is 0.494 e. The molecule has 0 bridgehead atoms. The van der Waals surface area contributed by atoms with Crippen LogP contribution in [0, 0.1) is 0 Å². The second kappa shape index (κ2) is 9.19. The standard InChI is InChI=1S/C13H20O3S/c14-9-6-12-17(15)11-5-4-10-16-13-7-2-1-3-8-13/h1-3,7-8,14H,4-6,9-12H2. The molecule has 4 heteroatoms. The molecule has 0 aliphatic heterocycles. The van der Waals surface area contributed by atoms with Crippen LogP contribution in [0.2, 0.25) is 0 Å². The fourth-order valence-corrected chi connectivity index (χ4v) is 2.58. The summed E-state index contributed by atoms with van der Waals surface area (Å²) < 4.78 is 16.9. The van der Waals surface area contributed by atoms with Crippen molar-refractivity contribution in [1.82, 2.24) is 0 Å². The minimum absolute atomic E-state index is 0.128. The summed E-state index contributed by atoms with van der Waals surface area (Å²) in [6, 6.07) is 9.70. The van der Waals surface area contributed by atoms with Crippen molar-refractivity contribution in [3.05, 3.63) is 30.3 Å². The molecule has 96 valence electrons. The zero-order valence-corrected chi connectivity index (χ0v) is 10.8. The average molecular weight is 256 g/mol. The molecule has 1 aromatic rings. The highest BCUT2D eigenvalue weighted by Crippen LogP contribution is 2.08. The van der Waals surface area contributed by atoms with Gasteiger partial charge in [0, 0.05) is 28.9 Å². The number of rotatable bonds is 9. The third-order valence-electron chi connectivity index (χ3n) is 2.31. The molecule has 0 aliphatic rings. The summed E-state index contributed by atoms with van der Waals surface area (Å²) in [5.41, 5.74) is 0. The van der Waals surface area contributed by atoms with Gasteiger partial charge >= 0.3 is 0 Å². The number of aliphatic hydroxyl groups is 1. The smallest absolute Gasteiger partial charge is 0.119 e. The Morgan fingerprint density at radius 3 is 2.47 bits per heavy atom. The molecule has 1 N–H and O–H groups in total. The maximum Gasteiger partial charge on any atom is 0.119 e. The van der Waals surface area contributed by atoms with Crippen LogP contribution < -0.4 is 4.74 Å². The number of unbranched alkanes of at least 4 members (excludes halogenated alkanes) is 1. The molecule has 17 heavy (non-hydrogen) atoms. The van der Waals surface area contributed by atoms with Gasteiger partial charge in [-0.15, -0.1) is 0 Å². The zero-order chi connectivity index (χ0) is 12.3. The Kier molecular flexibility index (Phi) is 7.67. The second-order valence-electron chi connectivity index (χ2n) is 3.79. The topological polar surface area (TPSA) is 46.5 Å². The van der Waals surface area contributed by atoms with E-state index in [2.05, 4.69) is 0 Å². The first-order valence-corrected chi connectivity index (χ1v) is 7.45. The number of aliphatic hydroxyl groups excluding tert-OH is 1. The monoisotopic (exact) mass is 256 g/mol. The normalized spacial score (nSPS) is 12.3. The van der Waals surface area contributed by atoms with E-state index in [0.717, 1.165) is 18.6 Å². The fourth-order valence-electron chi connectivity index (χ4n) is 1.40. The first kappa shape index (κ1) is 14.2. The van der Waals surface area contributed by atoms with Gasteiger partial charge in [-0.25, -0.2) is 0 Å². The molecule has 0 radical (unpaired) electrons. The predicted octanol–water partition coefficient (Wildman–Crippen LogP) is 1.98. The van der Waals surface area contributed by atoms with Crippen LogP contribution in [0.4, 0.5) is 0 Å². The molecule has 1 rings (SSSR count). The Balaban J connectivity index is 1.99. The van der Waals surface area contributed by atoms with Gasteiger partial charge in [0.25, 0.3) is 0 Å². The maximum atomic E-state index is 11.4. The van der Waals surface area contributed by atoms with Gasteiger partial charge in [-0.3, -0.25) is 4.21 Å². The Morgan fingerprint density at radius 2 is 1.76 bits per heavy atom. The Labute approximate surface area is 105 Å². The van der Waals surface area contributed by atoms with Crippen molar-refractivity contribution >= 4 is 10.8 Å². The van der Waals surface area contributed by atoms with Gasteiger partial charge in [-0.2, -0.15) is 0 Å². The van der Waals surface area contributed by atoms with Gasteiger partial charge in [0.2, 0.25) is 0 Å². The van der Waals surface area contributed by atoms with E-state index in [9.17, 15) is 4.21 Å². The van der Waals surface area contributed by atoms with Crippen LogP contribution in [0.15, 0.2) is 30.3 Å². The highest BCUT2D eigenvalue weighted by Gasteiger charge is 1.99. The van der Waals surface area contributed by atoms with Crippen molar-refractivity contribution in [2.75, 3.05) is 24.7 Å². The molecule has 0 heterocycles. The quantitative estimate of drug-likeness (QED) is 0.687. The van der Waals surface area contributed by atoms with Crippen molar-refractivity contribution in [1.29, 1.82) is 0 Å². The van der Waals surface area contributed by atoms with Crippen molar-refractivity contribution in [3.8, 4) is 5.75 Å². The lowest BCUT2D eigenvalue weighted by Gasteiger charge is -2.05. The van der Waals surface area contributed by atoms with Crippen LogP contribution in [0.1, 0.15) is 19.3 Å². The van der Waals surface area contributed by atoms with Crippen molar-refractivity contribution in [2.24, 2.45) is 0 Å². The van der Waals surface area contributed by atoms with E-state index >= 15 is 0 Å². The van der Waals surface area contributed by atoms with Crippen LogP contribution in [0.3, 0.4) is 0 Å². The first-order valence-electron chi connectivity index (χ1n) is 5.96. The molecule has 1 aromatic carbocycles. The minimum Gasteiger partial charge on any atom is -0.494 e. The van der Waals surface area contributed by atoms with Gasteiger partial charge < -0.3 is 9.84 Å². The van der Waals surface area contributed by atoms with E-state index in [-0.39, 0.29) is 6.61 Å². The van der Waals surface area contributed by atoms with E-state index in [0.29, 0.717) is 24.5 Å². The highest BCUT2D eigenvalue weighted by atomic mass is 32.2. The molecule has 1 unspecified atom stereocenters. The Hall–Kier alpha value is -0.870. The van der Waals surface area contributed by atoms with Gasteiger partial charge in [-0.05, 0) is 31.4 Å². The van der Waals surface area contributed by atoms with E-state index in [1.807, 2.05) is 30.3 Å². The molecular formula is C13H20O3S. The third kappa shape index (κ3) is 7.13. The fraction of sp³-hybridized carbons (Fsp3) is 0.538. The Morgan fingerprint density at radius 1 is 1.06 bits per heavy atom. The van der Waals surface area contributed by atoms with Gasteiger partial charge in [0.05, 0.1) is 6.61 Å². The molecule has 0 amide bonds. The summed E-state index contributed by atoms with van der Waals surface area (Å²) in [7, 11) is -0.783. The second-order valence-corrected chi connectivity index (χ2v) is 5.49. The molecule has 3 nitrogen and oxygen atoms in total. The third-order valence-corrected chi connectivity index (χ3v) is 3.80. The number of para-hydroxylation sites is 1. The summed E-state index contributed by atoms with van der Waals surface area (Å²) in [5.74, 6) is 2.20. The molecule has 0 saturated heterocycles. The van der Waals surface area contributed by atoms with Gasteiger partial charge in [-0.1, -0.05) is 18.2 Å². The lowest BCUT2D eigenvalue weighted by atomic mass is 10.3. The van der Waals surface area contributed by atoms with E-state index in [1.54, 1.807) is 0 Å². The molecular weight excluding hydrogens is 236 g/mol. The average Bonchev–Trinajstić information content (AvgIpc) is 2.37. The van der Waals surface area contributed by atoms with Crippen LogP contribution in [0.25, 0.3) is 0 Å². The number of hydrogen-bond donors (Lipinski definition) is 1. The van der Waals surface area contributed by atoms with E-state index < -0.39 is 10.8 Å². The number of hydrogen-bond acceptors (Lipinski definition) is 3. The maximum absolute atomic E-state index is 11.4. The molecule has 0 fully saturated rings. The van der Waals surface area contributed by atoms with Crippen LogP contribution >= 0.6 is 0 Å². The van der Waals surface area contributed by atoms with E-state index in [4.69, 9.17) is 9.84 Å². The van der Waals surface area contributed by atoms with Crippen LogP contribution in [0.5, 0.6) is 5.75 Å². The minimum atomic E-state index is -0.783. The molecule has 0 spiro atoms. The molecule has 1 atom stereocenters. The molecule has 0 aliphatic carbocycles. The predicted molar refractivity (Wildman–Crippen MR) is 70.8 cm³/mol. The summed E-state index contributed by atoms with van der Waals surface area (Å²) in [6.45, 7) is 0.796. The first-order chi connectivity index (χ1) is 8.33. The molecule has 0 saturated carbocycles. The Bertz CT molecular complexity index is 314. The van der Waals surface area contributed by atoms with Crippen LogP contribution in [-0.4, -0.2) is 34.0 Å². The van der Waals surface area contributed by atoms with Crippen molar-refractivity contribution < 1.29 is 14.1 Å². The van der Waals surface area contributed by atoms with Crippen molar-refractivity contribution in [3.63, 3.8) is 0 Å².